The molecule has 6 saturated carbocycles. The van der Waals surface area contributed by atoms with Gasteiger partial charge in [-0.15, -0.1) is 0 Å². The van der Waals surface area contributed by atoms with Crippen LogP contribution in [0.5, 0.6) is 0 Å². The van der Waals surface area contributed by atoms with Gasteiger partial charge in [-0.05, 0) is 324 Å². The molecule has 0 spiro atoms. The third-order valence-electron chi connectivity index (χ3n) is 36.5. The summed E-state index contributed by atoms with van der Waals surface area (Å²) < 4.78 is 31.7. The Hall–Kier alpha value is -11.9. The normalized spacial score (nSPS) is 24.2. The van der Waals surface area contributed by atoms with E-state index in [4.69, 9.17) is 0 Å². The number of rotatable bonds is 20. The molecule has 3 N–H and O–H groups in total. The lowest BCUT2D eigenvalue weighted by atomic mass is 9.76. The smallest absolute Gasteiger partial charge is 0.269 e. The van der Waals surface area contributed by atoms with Crippen molar-refractivity contribution in [3.8, 4) is 0 Å². The number of carbonyl (C=O) groups is 6. The van der Waals surface area contributed by atoms with Gasteiger partial charge in [-0.1, -0.05) is 132 Å². The van der Waals surface area contributed by atoms with Crippen molar-refractivity contribution < 1.29 is 37.2 Å². The molecule has 13 unspecified atom stereocenters. The first-order valence-electron chi connectivity index (χ1n) is 58.0. The number of aromatic amines is 3. The minimum atomic E-state index is -3.76. The maximum atomic E-state index is 13.3. The van der Waals surface area contributed by atoms with E-state index in [-0.39, 0.29) is 10.8 Å². The van der Waals surface area contributed by atoms with Crippen LogP contribution in [0.3, 0.4) is 0 Å². The van der Waals surface area contributed by atoms with E-state index in [1.807, 2.05) is 98.0 Å². The van der Waals surface area contributed by atoms with Crippen LogP contribution >= 0.6 is 0 Å². The fourth-order valence-corrected chi connectivity index (χ4v) is 30.3. The molecule has 6 amide bonds. The summed E-state index contributed by atoms with van der Waals surface area (Å²) in [6.45, 7) is 6.95. The van der Waals surface area contributed by atoms with Crippen LogP contribution < -0.4 is 0 Å². The summed E-state index contributed by atoms with van der Waals surface area (Å²) >= 11 is 0. The molecule has 12 aliphatic rings. The summed E-state index contributed by atoms with van der Waals surface area (Å²) in [7, 11) is 0.242. The molecule has 0 radical (unpaired) electrons. The van der Waals surface area contributed by atoms with Crippen LogP contribution in [0.1, 0.15) is 310 Å². The quantitative estimate of drug-likeness (QED) is 0.0639. The molecular formula is C123H160N18O8S. The highest BCUT2D eigenvalue weighted by Crippen LogP contribution is 2.44. The van der Waals surface area contributed by atoms with Gasteiger partial charge in [-0.2, -0.15) is 10.2 Å². The Kier molecular flexibility index (Phi) is 34.9. The van der Waals surface area contributed by atoms with Gasteiger partial charge in [-0.3, -0.25) is 38.5 Å². The summed E-state index contributed by atoms with van der Waals surface area (Å²) in [4.78, 5) is 115. The molecule has 25 rings (SSSR count). The molecule has 13 aromatic rings. The van der Waals surface area contributed by atoms with Crippen LogP contribution in [0.2, 0.25) is 0 Å². The molecule has 27 heteroatoms. The van der Waals surface area contributed by atoms with Gasteiger partial charge in [0.15, 0.2) is 5.65 Å². The number of aryl methyl sites for hydroxylation is 8. The number of amides is 6. The van der Waals surface area contributed by atoms with Crippen LogP contribution in [0, 0.1) is 35.5 Å². The number of aromatic nitrogens is 12. The van der Waals surface area contributed by atoms with E-state index in [2.05, 4.69) is 129 Å². The average molecular weight is 2050 g/mol. The zero-order valence-electron chi connectivity index (χ0n) is 89.1. The number of benzene rings is 3. The van der Waals surface area contributed by atoms with Crippen LogP contribution in [0.15, 0.2) is 182 Å². The van der Waals surface area contributed by atoms with Crippen molar-refractivity contribution in [1.82, 2.24) is 87.8 Å². The van der Waals surface area contributed by atoms with Crippen molar-refractivity contribution in [2.24, 2.45) is 49.6 Å². The molecule has 3 aromatic carbocycles. The van der Waals surface area contributed by atoms with Gasteiger partial charge in [0.1, 0.15) is 16.9 Å². The Morgan fingerprint density at radius 3 is 1.17 bits per heavy atom. The summed E-state index contributed by atoms with van der Waals surface area (Å²) in [6.07, 6.45) is 68.2. The van der Waals surface area contributed by atoms with Crippen molar-refractivity contribution in [1.29, 1.82) is 0 Å². The molecular weight excluding hydrogens is 1890 g/mol. The first-order chi connectivity index (χ1) is 73.4. The van der Waals surface area contributed by atoms with Crippen LogP contribution in [0.25, 0.3) is 65.9 Å². The van der Waals surface area contributed by atoms with Gasteiger partial charge in [0.05, 0.1) is 21.6 Å². The number of piperidine rings is 6. The molecule has 150 heavy (non-hydrogen) atoms. The number of nitrogens with zero attached hydrogens (tertiary/aromatic N) is 15. The second kappa shape index (κ2) is 49.7. The highest BCUT2D eigenvalue weighted by molar-refractivity contribution is 7.90. The molecule has 6 aliphatic carbocycles. The zero-order chi connectivity index (χ0) is 103. The summed E-state index contributed by atoms with van der Waals surface area (Å²) in [5.74, 6) is 6.35. The van der Waals surface area contributed by atoms with Gasteiger partial charge >= 0.3 is 0 Å². The number of para-hydroxylation sites is 2. The second-order valence-corrected chi connectivity index (χ2v) is 47.4. The standard InChI is InChI=1S/C25H29N3O3S.3C20H27N3O.2C19H25N3O/c29-24(27-17-7-9-19-8-4-5-13-23(19)27)15-14-20-18-28(25-22(20)12-6-16-26-25)32(30,31)21-10-2-1-3-11-21;1-22-19-11-5-3-9-16(19)17(21-22)12-13-20(24)23-14-6-8-15-7-2-4-10-18(15)23;1-22-14-16(17-8-4-12-21-20(17)22)10-11-19(24)23-13-5-7-15-6-2-3-9-18(15)23;1-14-8-9-15-5-2-3-7-18(15)23(14)19(24)11-10-16-13-22-20-17(16)6-4-12-21-20;23-19(22-13-5-7-14-6-1-4-10-18(14)22)12-11-17-15-8-2-3-9-16(15)20-21-17;23-18(22-12-4-6-14-5-1-2-8-17(14)22)10-9-15-13-21-19-16(15)7-3-11-20-19/h1-3,6,10-12,16,18-19,23H,4-5,7-9,13-15,17H2;3,5,9,11,15,18H,2,4,6-8,10,12-14H2,1H3;4,8,12,14-15,18H,2-3,5-7,9-11,13H2,1H3;4,6,12-15,18H,2-3,5,7-11H2,1H3,(H,21,22);2-3,8-9,14,18H,1,4-7,10-13H2,(H,20,21);3,7,11,13-14,17H,1-2,4-6,8-10,12H2,(H,20,21). The topological polar surface area (TPSA) is 296 Å². The first-order valence-corrected chi connectivity index (χ1v) is 59.4. The number of H-pyrrole nitrogens is 3. The second-order valence-electron chi connectivity index (χ2n) is 45.6. The zero-order valence-corrected chi connectivity index (χ0v) is 89.9. The van der Waals surface area contributed by atoms with Gasteiger partial charge in [0, 0.05) is 222 Å². The summed E-state index contributed by atoms with van der Waals surface area (Å²) in [5.41, 5.74) is 12.0. The maximum Gasteiger partial charge on any atom is 0.269 e. The number of hydrogen-bond acceptors (Lipinski definition) is 14. The molecule has 12 fully saturated rings. The van der Waals surface area contributed by atoms with Crippen molar-refractivity contribution in [3.63, 3.8) is 0 Å². The summed E-state index contributed by atoms with van der Waals surface area (Å²) in [5, 5.41) is 18.7. The molecule has 6 saturated heterocycles. The number of fused-ring (bicyclic) bond motifs is 12. The van der Waals surface area contributed by atoms with E-state index in [1.54, 1.807) is 55.1 Å². The van der Waals surface area contributed by atoms with E-state index < -0.39 is 10.0 Å². The fraction of sp³-hybridized carbons (Fsp3) is 0.561. The highest BCUT2D eigenvalue weighted by Gasteiger charge is 2.44. The minimum Gasteiger partial charge on any atom is -0.346 e. The highest BCUT2D eigenvalue weighted by atomic mass is 32.2. The molecule has 796 valence electrons. The van der Waals surface area contributed by atoms with Crippen molar-refractivity contribution in [2.75, 3.05) is 32.7 Å². The maximum absolute atomic E-state index is 13.3. The lowest BCUT2D eigenvalue weighted by Gasteiger charge is -2.47. The van der Waals surface area contributed by atoms with E-state index in [1.165, 1.54) is 250 Å². The number of likely N-dealkylation sites (tertiary alicyclic amines) is 6. The first kappa shape index (κ1) is 105. The SMILES string of the molecule is CC1CCC2CCCCC2N1C(=O)CCc1c[nH]c2ncccc12.Cn1cc(CCC(=O)N2CCCC3CCCCC32)c2cccnc21.Cn1nc(CCC(=O)N2CCCC3CCCCC32)c2ccccc21.O=C(CCc1[nH]nc2ccccc12)N1CCCC2CCCCC21.O=C(CCc1c[nH]c2ncccc12)N1CCCC2CCCCC21.O=C(CCc1cn(S(=O)(=O)c2ccccc2)c2ncccc12)N1CCCC2CCCCC21. The lowest BCUT2D eigenvalue weighted by Crippen LogP contribution is -2.53. The van der Waals surface area contributed by atoms with Crippen molar-refractivity contribution in [2.45, 2.75) is 362 Å². The number of hydrogen-bond donors (Lipinski definition) is 3. The third kappa shape index (κ3) is 24.3. The Labute approximate surface area is 886 Å². The predicted octanol–water partition coefficient (Wildman–Crippen LogP) is 23.2. The third-order valence-corrected chi connectivity index (χ3v) is 38.2. The predicted molar refractivity (Wildman–Crippen MR) is 593 cm³/mol. The largest absolute Gasteiger partial charge is 0.346 e. The number of nitrogens with one attached hydrogen (secondary N) is 3. The Morgan fingerprint density at radius 1 is 0.333 bits per heavy atom. The Morgan fingerprint density at radius 2 is 0.693 bits per heavy atom. The van der Waals surface area contributed by atoms with Gasteiger partial charge in [-0.25, -0.2) is 32.3 Å². The summed E-state index contributed by atoms with van der Waals surface area (Å²) in [6, 6.07) is 44.0. The fourth-order valence-electron chi connectivity index (χ4n) is 29.0. The number of carbonyl (C=O) groups excluding carboxylic acids is 6. The van der Waals surface area contributed by atoms with E-state index in [0.29, 0.717) is 128 Å². The van der Waals surface area contributed by atoms with Gasteiger partial charge < -0.3 is 43.9 Å². The van der Waals surface area contributed by atoms with E-state index in [0.717, 1.165) is 174 Å². The van der Waals surface area contributed by atoms with Crippen molar-refractivity contribution in [3.05, 3.63) is 211 Å². The molecule has 26 nitrogen and oxygen atoms in total. The van der Waals surface area contributed by atoms with Crippen LogP contribution in [0.4, 0.5) is 0 Å². The molecule has 13 atom stereocenters. The van der Waals surface area contributed by atoms with Crippen LogP contribution in [-0.4, -0.2) is 207 Å². The van der Waals surface area contributed by atoms with Crippen LogP contribution in [-0.2, 0) is 91.4 Å². The monoisotopic (exact) mass is 2050 g/mol. The minimum absolute atomic E-state index is 0.192. The molecule has 0 bridgehead atoms. The Balaban J connectivity index is 0.000000109. The molecule has 6 aliphatic heterocycles. The van der Waals surface area contributed by atoms with Gasteiger partial charge in [0.25, 0.3) is 10.0 Å². The van der Waals surface area contributed by atoms with E-state index in [9.17, 15) is 37.2 Å². The van der Waals surface area contributed by atoms with Gasteiger partial charge in [0.2, 0.25) is 35.4 Å². The lowest BCUT2D eigenvalue weighted by molar-refractivity contribution is -0.141. The molecule has 16 heterocycles. The number of pyridine rings is 4. The van der Waals surface area contributed by atoms with Crippen molar-refractivity contribution >= 4 is 111 Å². The average Bonchev–Trinajstić information content (AvgIpc) is 1.60. The van der Waals surface area contributed by atoms with E-state index >= 15 is 0 Å². The Bertz CT molecular complexity index is 6620. The molecule has 10 aromatic heterocycles.